The fourth-order valence-corrected chi connectivity index (χ4v) is 2.82. The first kappa shape index (κ1) is 18.3. The van der Waals surface area contributed by atoms with Crippen LogP contribution in [-0.4, -0.2) is 36.9 Å². The van der Waals surface area contributed by atoms with Crippen molar-refractivity contribution in [2.45, 2.75) is 13.0 Å². The summed E-state index contributed by atoms with van der Waals surface area (Å²) < 4.78 is 5.14. The number of halogens is 1. The zero-order valence-electron chi connectivity index (χ0n) is 12.7. The number of primary amides is 2. The van der Waals surface area contributed by atoms with Crippen molar-refractivity contribution in [1.82, 2.24) is 4.90 Å². The molecule has 4 N–H and O–H groups in total. The summed E-state index contributed by atoms with van der Waals surface area (Å²) in [7, 11) is 1.62. The molecule has 1 heterocycles. The van der Waals surface area contributed by atoms with Crippen LogP contribution in [-0.2, 0) is 9.59 Å². The topological polar surface area (TPSA) is 98.7 Å². The number of hydrogen-bond acceptors (Lipinski definition) is 4. The molecule has 1 fully saturated rings. The molecule has 0 saturated carbocycles. The largest absolute Gasteiger partial charge is 0.497 e. The lowest BCUT2D eigenvalue weighted by Gasteiger charge is -2.24. The molecule has 0 bridgehead atoms. The fourth-order valence-electron chi connectivity index (χ4n) is 2.82. The Morgan fingerprint density at radius 3 is 1.95 bits per heavy atom. The lowest BCUT2D eigenvalue weighted by atomic mass is 9.95. The van der Waals surface area contributed by atoms with E-state index in [1.807, 2.05) is 31.2 Å². The van der Waals surface area contributed by atoms with Gasteiger partial charge >= 0.3 is 0 Å². The molecule has 0 aromatic heterocycles. The molecular formula is C15H22ClN3O3. The molecule has 0 spiro atoms. The van der Waals surface area contributed by atoms with E-state index < -0.39 is 23.7 Å². The average Bonchev–Trinajstić information content (AvgIpc) is 2.92. The van der Waals surface area contributed by atoms with Crippen molar-refractivity contribution in [3.05, 3.63) is 29.8 Å². The number of nitrogens with two attached hydrogens (primary N) is 2. The predicted octanol–water partition coefficient (Wildman–Crippen LogP) is 0.697. The third-order valence-corrected chi connectivity index (χ3v) is 4.22. The number of methoxy groups -OCH3 is 1. The number of nitrogens with zero attached hydrogens (tertiary/aromatic N) is 1. The molecule has 0 radical (unpaired) electrons. The third-order valence-electron chi connectivity index (χ3n) is 4.22. The minimum atomic E-state index is -0.511. The van der Waals surface area contributed by atoms with E-state index in [9.17, 15) is 9.59 Å². The Balaban J connectivity index is 0.00000242. The van der Waals surface area contributed by atoms with Gasteiger partial charge in [-0.25, -0.2) is 0 Å². The number of carbonyl (C=O) groups excluding carboxylic acids is 2. The molecule has 1 aliphatic rings. The number of likely N-dealkylation sites (tertiary alicyclic amines) is 1. The van der Waals surface area contributed by atoms with Crippen molar-refractivity contribution in [2.75, 3.05) is 20.2 Å². The van der Waals surface area contributed by atoms with E-state index in [2.05, 4.69) is 4.90 Å². The van der Waals surface area contributed by atoms with Crippen LogP contribution in [0, 0.1) is 11.8 Å². The first-order valence-corrected chi connectivity index (χ1v) is 6.90. The van der Waals surface area contributed by atoms with E-state index in [0.29, 0.717) is 13.1 Å². The second-order valence-electron chi connectivity index (χ2n) is 5.42. The summed E-state index contributed by atoms with van der Waals surface area (Å²) in [6.07, 6.45) is 0. The summed E-state index contributed by atoms with van der Waals surface area (Å²) in [4.78, 5) is 25.0. The van der Waals surface area contributed by atoms with E-state index in [0.717, 1.165) is 11.3 Å². The van der Waals surface area contributed by atoms with Gasteiger partial charge in [-0.3, -0.25) is 14.5 Å². The molecule has 1 aliphatic heterocycles. The van der Waals surface area contributed by atoms with Crippen molar-refractivity contribution in [3.8, 4) is 5.75 Å². The molecule has 22 heavy (non-hydrogen) atoms. The van der Waals surface area contributed by atoms with Gasteiger partial charge in [0.15, 0.2) is 0 Å². The molecule has 1 saturated heterocycles. The van der Waals surface area contributed by atoms with Gasteiger partial charge in [-0.1, -0.05) is 12.1 Å². The molecule has 3 atom stereocenters. The Hall–Kier alpha value is -1.79. The van der Waals surface area contributed by atoms with Crippen LogP contribution in [0.3, 0.4) is 0 Å². The maximum atomic E-state index is 11.5. The van der Waals surface area contributed by atoms with Crippen LogP contribution in [0.2, 0.25) is 0 Å². The van der Waals surface area contributed by atoms with Gasteiger partial charge in [-0.2, -0.15) is 0 Å². The molecule has 6 nitrogen and oxygen atoms in total. The van der Waals surface area contributed by atoms with Crippen LogP contribution in [0.25, 0.3) is 0 Å². The van der Waals surface area contributed by atoms with Gasteiger partial charge < -0.3 is 16.2 Å². The van der Waals surface area contributed by atoms with Crippen molar-refractivity contribution in [2.24, 2.45) is 23.3 Å². The summed E-state index contributed by atoms with van der Waals surface area (Å²) in [6.45, 7) is 2.94. The summed E-state index contributed by atoms with van der Waals surface area (Å²) in [5.74, 6) is -1.17. The highest BCUT2D eigenvalue weighted by atomic mass is 35.5. The van der Waals surface area contributed by atoms with Crippen molar-refractivity contribution < 1.29 is 14.3 Å². The zero-order chi connectivity index (χ0) is 15.6. The minimum Gasteiger partial charge on any atom is -0.497 e. The van der Waals surface area contributed by atoms with Crippen LogP contribution >= 0.6 is 12.4 Å². The van der Waals surface area contributed by atoms with Crippen LogP contribution in [0.5, 0.6) is 5.75 Å². The standard InChI is InChI=1S/C15H21N3O3.ClH/c1-9(10-3-5-11(21-2)6-4-10)18-7-12(14(16)19)13(8-18)15(17)20;/h3-6,9,12-13H,7-8H2,1-2H3,(H2,16,19)(H2,17,20);1H. The zero-order valence-corrected chi connectivity index (χ0v) is 13.5. The molecule has 3 unspecified atom stereocenters. The Labute approximate surface area is 136 Å². The Morgan fingerprint density at radius 2 is 1.59 bits per heavy atom. The highest BCUT2D eigenvalue weighted by molar-refractivity contribution is 5.87. The van der Waals surface area contributed by atoms with Crippen molar-refractivity contribution in [3.63, 3.8) is 0 Å². The second-order valence-corrected chi connectivity index (χ2v) is 5.42. The van der Waals surface area contributed by atoms with Gasteiger partial charge in [0.1, 0.15) is 5.75 Å². The van der Waals surface area contributed by atoms with Crippen molar-refractivity contribution >= 4 is 24.2 Å². The molecule has 122 valence electrons. The highest BCUT2D eigenvalue weighted by Gasteiger charge is 2.41. The molecule has 2 amide bonds. The fraction of sp³-hybridized carbons (Fsp3) is 0.467. The first-order chi connectivity index (χ1) is 9.93. The molecule has 0 aliphatic carbocycles. The summed E-state index contributed by atoms with van der Waals surface area (Å²) >= 11 is 0. The average molecular weight is 328 g/mol. The third kappa shape index (κ3) is 3.69. The molecule has 7 heteroatoms. The van der Waals surface area contributed by atoms with Gasteiger partial charge in [0, 0.05) is 19.1 Å². The summed E-state index contributed by atoms with van der Waals surface area (Å²) in [5.41, 5.74) is 11.8. The molecule has 1 aromatic carbocycles. The number of benzene rings is 1. The van der Waals surface area contributed by atoms with Crippen LogP contribution < -0.4 is 16.2 Å². The Kier molecular flexibility index (Phi) is 6.20. The number of rotatable bonds is 5. The van der Waals surface area contributed by atoms with Gasteiger partial charge in [-0.15, -0.1) is 12.4 Å². The van der Waals surface area contributed by atoms with E-state index in [1.165, 1.54) is 0 Å². The lowest BCUT2D eigenvalue weighted by Crippen LogP contribution is -2.36. The van der Waals surface area contributed by atoms with Gasteiger partial charge in [-0.05, 0) is 24.6 Å². The predicted molar refractivity (Wildman–Crippen MR) is 85.6 cm³/mol. The number of carbonyl (C=O) groups is 2. The molecule has 1 aromatic rings. The monoisotopic (exact) mass is 327 g/mol. The smallest absolute Gasteiger partial charge is 0.222 e. The van der Waals surface area contributed by atoms with Gasteiger partial charge in [0.2, 0.25) is 11.8 Å². The maximum absolute atomic E-state index is 11.5. The number of ether oxygens (including phenoxy) is 1. The Morgan fingerprint density at radius 1 is 1.14 bits per heavy atom. The number of hydrogen-bond donors (Lipinski definition) is 2. The molecule has 2 rings (SSSR count). The van der Waals surface area contributed by atoms with E-state index >= 15 is 0 Å². The molecular weight excluding hydrogens is 306 g/mol. The highest BCUT2D eigenvalue weighted by Crippen LogP contribution is 2.31. The second kappa shape index (κ2) is 7.47. The van der Waals surface area contributed by atoms with Crippen LogP contribution in [0.15, 0.2) is 24.3 Å². The van der Waals surface area contributed by atoms with Gasteiger partial charge in [0.25, 0.3) is 0 Å². The summed E-state index contributed by atoms with van der Waals surface area (Å²) in [6, 6.07) is 7.79. The van der Waals surface area contributed by atoms with E-state index in [1.54, 1.807) is 7.11 Å². The Bertz CT molecular complexity index is 513. The quantitative estimate of drug-likeness (QED) is 0.831. The van der Waals surface area contributed by atoms with E-state index in [4.69, 9.17) is 16.2 Å². The SMILES string of the molecule is COc1ccc(C(C)N2CC(C(N)=O)C(C(N)=O)C2)cc1.Cl. The normalized spacial score (nSPS) is 22.6. The number of amides is 2. The van der Waals surface area contributed by atoms with E-state index in [-0.39, 0.29) is 18.4 Å². The minimum absolute atomic E-state index is 0. The van der Waals surface area contributed by atoms with Crippen molar-refractivity contribution in [1.29, 1.82) is 0 Å². The van der Waals surface area contributed by atoms with Crippen LogP contribution in [0.1, 0.15) is 18.5 Å². The first-order valence-electron chi connectivity index (χ1n) is 6.90. The van der Waals surface area contributed by atoms with Gasteiger partial charge in [0.05, 0.1) is 18.9 Å². The lowest BCUT2D eigenvalue weighted by molar-refractivity contribution is -0.129. The van der Waals surface area contributed by atoms with Crippen LogP contribution in [0.4, 0.5) is 0 Å². The summed E-state index contributed by atoms with van der Waals surface area (Å²) in [5, 5.41) is 0. The maximum Gasteiger partial charge on any atom is 0.222 e.